The van der Waals surface area contributed by atoms with Crippen molar-refractivity contribution in [2.75, 3.05) is 5.32 Å². The van der Waals surface area contributed by atoms with Crippen LogP contribution >= 0.6 is 0 Å². The summed E-state index contributed by atoms with van der Waals surface area (Å²) in [6.07, 6.45) is 5.47. The van der Waals surface area contributed by atoms with Crippen LogP contribution in [-0.4, -0.2) is 22.1 Å². The minimum Gasteiger partial charge on any atom is -0.475 e. The van der Waals surface area contributed by atoms with Gasteiger partial charge in [0.25, 0.3) is 0 Å². The van der Waals surface area contributed by atoms with Crippen LogP contribution in [0.2, 0.25) is 0 Å². The summed E-state index contributed by atoms with van der Waals surface area (Å²) in [5.41, 5.74) is 0. The molecule has 4 nitrogen and oxygen atoms in total. The van der Waals surface area contributed by atoms with Crippen LogP contribution in [-0.2, 0) is 0 Å². The molecule has 1 fully saturated rings. The van der Waals surface area contributed by atoms with Crippen LogP contribution in [0.4, 0.5) is 5.82 Å². The number of anilines is 1. The lowest BCUT2D eigenvalue weighted by Gasteiger charge is -2.32. The molecular weight excluding hydrogens is 238 g/mol. The van der Waals surface area contributed by atoms with E-state index >= 15 is 0 Å². The van der Waals surface area contributed by atoms with Crippen LogP contribution in [0.1, 0.15) is 47.0 Å². The van der Waals surface area contributed by atoms with Crippen molar-refractivity contribution < 1.29 is 4.74 Å². The topological polar surface area (TPSA) is 47.0 Å². The highest BCUT2D eigenvalue weighted by molar-refractivity contribution is 5.38. The van der Waals surface area contributed by atoms with E-state index in [1.807, 2.05) is 19.9 Å². The Morgan fingerprint density at radius 1 is 1.16 bits per heavy atom. The van der Waals surface area contributed by atoms with Crippen molar-refractivity contribution in [3.05, 3.63) is 12.4 Å². The maximum absolute atomic E-state index is 5.60. The zero-order chi connectivity index (χ0) is 13.8. The Morgan fingerprint density at radius 3 is 2.47 bits per heavy atom. The molecule has 0 amide bonds. The van der Waals surface area contributed by atoms with E-state index in [0.29, 0.717) is 11.9 Å². The van der Waals surface area contributed by atoms with Gasteiger partial charge in [0, 0.05) is 12.1 Å². The number of aromatic nitrogens is 2. The Bertz CT molecular complexity index is 398. The molecule has 2 unspecified atom stereocenters. The molecule has 1 aromatic heterocycles. The summed E-state index contributed by atoms with van der Waals surface area (Å²) in [5, 5.41) is 3.52. The summed E-state index contributed by atoms with van der Waals surface area (Å²) in [7, 11) is 0. The van der Waals surface area contributed by atoms with E-state index in [-0.39, 0.29) is 6.10 Å². The summed E-state index contributed by atoms with van der Waals surface area (Å²) in [5.74, 6) is 3.09. The number of rotatable bonds is 4. The zero-order valence-corrected chi connectivity index (χ0v) is 12.4. The second-order valence-corrected chi connectivity index (χ2v) is 6.17. The highest BCUT2D eigenvalue weighted by Crippen LogP contribution is 2.30. The first kappa shape index (κ1) is 14.1. The predicted octanol–water partition coefficient (Wildman–Crippen LogP) is 3.50. The van der Waals surface area contributed by atoms with Crippen molar-refractivity contribution in [1.29, 1.82) is 0 Å². The number of nitrogens with zero attached hydrogens (tertiary/aromatic N) is 2. The maximum Gasteiger partial charge on any atom is 0.218 e. The van der Waals surface area contributed by atoms with E-state index in [1.54, 1.807) is 6.33 Å². The molecule has 1 aliphatic carbocycles. The molecule has 2 atom stereocenters. The number of hydrogen-bond donors (Lipinski definition) is 1. The van der Waals surface area contributed by atoms with Crippen LogP contribution in [0.25, 0.3) is 0 Å². The average Bonchev–Trinajstić information content (AvgIpc) is 2.26. The van der Waals surface area contributed by atoms with Crippen molar-refractivity contribution >= 4 is 5.82 Å². The lowest BCUT2D eigenvalue weighted by atomic mass is 9.80. The highest BCUT2D eigenvalue weighted by Gasteiger charge is 2.24. The molecule has 0 aromatic carbocycles. The fourth-order valence-electron chi connectivity index (χ4n) is 3.00. The molecule has 106 valence electrons. The van der Waals surface area contributed by atoms with Crippen molar-refractivity contribution in [2.45, 2.75) is 59.1 Å². The second kappa shape index (κ2) is 6.22. The predicted molar refractivity (Wildman–Crippen MR) is 77.4 cm³/mol. The fraction of sp³-hybridized carbons (Fsp3) is 0.733. The van der Waals surface area contributed by atoms with E-state index in [9.17, 15) is 0 Å². The van der Waals surface area contributed by atoms with Gasteiger partial charge in [-0.25, -0.2) is 9.97 Å². The Hall–Kier alpha value is -1.32. The van der Waals surface area contributed by atoms with E-state index < -0.39 is 0 Å². The Balaban J connectivity index is 1.98. The van der Waals surface area contributed by atoms with Crippen molar-refractivity contribution in [2.24, 2.45) is 11.8 Å². The molecular formula is C15H25N3O. The summed E-state index contributed by atoms with van der Waals surface area (Å²) in [6.45, 7) is 8.66. The SMILES string of the molecule is CC1CC(C)CC(Nc2cc(OC(C)C)ncn2)C1. The molecule has 2 rings (SSSR count). The third kappa shape index (κ3) is 4.37. The normalized spacial score (nSPS) is 27.3. The van der Waals surface area contributed by atoms with Crippen LogP contribution in [0.3, 0.4) is 0 Å². The van der Waals surface area contributed by atoms with Crippen molar-refractivity contribution in [3.63, 3.8) is 0 Å². The van der Waals surface area contributed by atoms with Crippen LogP contribution < -0.4 is 10.1 Å². The minimum absolute atomic E-state index is 0.137. The quantitative estimate of drug-likeness (QED) is 0.903. The summed E-state index contributed by atoms with van der Waals surface area (Å²) in [6, 6.07) is 2.41. The largest absolute Gasteiger partial charge is 0.475 e. The second-order valence-electron chi connectivity index (χ2n) is 6.17. The van der Waals surface area contributed by atoms with E-state index in [0.717, 1.165) is 17.7 Å². The molecule has 4 heteroatoms. The van der Waals surface area contributed by atoms with Gasteiger partial charge in [-0.1, -0.05) is 13.8 Å². The molecule has 1 aromatic rings. The van der Waals surface area contributed by atoms with Crippen LogP contribution in [0.15, 0.2) is 12.4 Å². The monoisotopic (exact) mass is 263 g/mol. The van der Waals surface area contributed by atoms with Crippen LogP contribution in [0.5, 0.6) is 5.88 Å². The number of hydrogen-bond acceptors (Lipinski definition) is 4. The summed E-state index contributed by atoms with van der Waals surface area (Å²) in [4.78, 5) is 8.42. The molecule has 1 saturated carbocycles. The summed E-state index contributed by atoms with van der Waals surface area (Å²) >= 11 is 0. The third-order valence-corrected chi connectivity index (χ3v) is 3.53. The van der Waals surface area contributed by atoms with Gasteiger partial charge in [0.15, 0.2) is 0 Å². The van der Waals surface area contributed by atoms with Gasteiger partial charge in [-0.05, 0) is 44.9 Å². The molecule has 0 aliphatic heterocycles. The smallest absolute Gasteiger partial charge is 0.218 e. The summed E-state index contributed by atoms with van der Waals surface area (Å²) < 4.78 is 5.60. The average molecular weight is 263 g/mol. The molecule has 0 saturated heterocycles. The van der Waals surface area contributed by atoms with Gasteiger partial charge < -0.3 is 10.1 Å². The molecule has 1 N–H and O–H groups in total. The molecule has 0 bridgehead atoms. The molecule has 1 heterocycles. The molecule has 19 heavy (non-hydrogen) atoms. The van der Waals surface area contributed by atoms with Crippen LogP contribution in [0, 0.1) is 11.8 Å². The standard InChI is InChI=1S/C15H25N3O/c1-10(2)19-15-8-14(16-9-17-15)18-13-6-11(3)5-12(4)7-13/h8-13H,5-7H2,1-4H3,(H,16,17,18). The highest BCUT2D eigenvalue weighted by atomic mass is 16.5. The first-order valence-corrected chi connectivity index (χ1v) is 7.28. The van der Waals surface area contributed by atoms with Gasteiger partial charge in [-0.3, -0.25) is 0 Å². The molecule has 0 radical (unpaired) electrons. The third-order valence-electron chi connectivity index (χ3n) is 3.53. The first-order valence-electron chi connectivity index (χ1n) is 7.28. The maximum atomic E-state index is 5.60. The van der Waals surface area contributed by atoms with Crippen molar-refractivity contribution in [3.8, 4) is 5.88 Å². The van der Waals surface area contributed by atoms with Gasteiger partial charge in [-0.2, -0.15) is 0 Å². The number of ether oxygens (including phenoxy) is 1. The Kier molecular flexibility index (Phi) is 4.61. The van der Waals surface area contributed by atoms with Gasteiger partial charge in [-0.15, -0.1) is 0 Å². The van der Waals surface area contributed by atoms with Gasteiger partial charge in [0.05, 0.1) is 6.10 Å². The Morgan fingerprint density at radius 2 is 1.84 bits per heavy atom. The Labute approximate surface area is 116 Å². The van der Waals surface area contributed by atoms with Gasteiger partial charge in [0.2, 0.25) is 5.88 Å². The lowest BCUT2D eigenvalue weighted by molar-refractivity contribution is 0.232. The van der Waals surface area contributed by atoms with E-state index in [4.69, 9.17) is 4.74 Å². The lowest BCUT2D eigenvalue weighted by Crippen LogP contribution is -2.30. The van der Waals surface area contributed by atoms with Gasteiger partial charge >= 0.3 is 0 Å². The van der Waals surface area contributed by atoms with E-state index in [1.165, 1.54) is 19.3 Å². The molecule has 0 spiro atoms. The zero-order valence-electron chi connectivity index (χ0n) is 12.4. The van der Waals surface area contributed by atoms with Crippen molar-refractivity contribution in [1.82, 2.24) is 9.97 Å². The molecule has 1 aliphatic rings. The van der Waals surface area contributed by atoms with E-state index in [2.05, 4.69) is 29.1 Å². The first-order chi connectivity index (χ1) is 9.02. The number of nitrogens with one attached hydrogen (secondary N) is 1. The minimum atomic E-state index is 0.137. The van der Waals surface area contributed by atoms with Gasteiger partial charge in [0.1, 0.15) is 12.1 Å². The fourth-order valence-corrected chi connectivity index (χ4v) is 3.00.